The minimum absolute atomic E-state index is 0.0337. The SMILES string of the molecule is Cc1oc(C(CC(C)C)NC(=O)CCC(C)C)nc1C(=O)NCC(=O)O. The van der Waals surface area contributed by atoms with Crippen LogP contribution in [0.1, 0.15) is 75.1 Å². The van der Waals surface area contributed by atoms with Crippen LogP contribution >= 0.6 is 0 Å². The maximum atomic E-state index is 12.2. The van der Waals surface area contributed by atoms with E-state index < -0.39 is 24.5 Å². The minimum atomic E-state index is -1.14. The second-order valence-electron chi connectivity index (χ2n) is 7.22. The van der Waals surface area contributed by atoms with Crippen molar-refractivity contribution in [3.63, 3.8) is 0 Å². The van der Waals surface area contributed by atoms with Crippen LogP contribution in [0.5, 0.6) is 0 Å². The molecule has 0 spiro atoms. The smallest absolute Gasteiger partial charge is 0.322 e. The zero-order valence-corrected chi connectivity index (χ0v) is 16.1. The molecule has 146 valence electrons. The number of oxazole rings is 1. The summed E-state index contributed by atoms with van der Waals surface area (Å²) in [6.45, 7) is 9.23. The first-order chi connectivity index (χ1) is 12.1. The highest BCUT2D eigenvalue weighted by atomic mass is 16.4. The lowest BCUT2D eigenvalue weighted by Gasteiger charge is -2.18. The number of hydrogen-bond donors (Lipinski definition) is 3. The average molecular weight is 367 g/mol. The van der Waals surface area contributed by atoms with Crippen LogP contribution in [0.15, 0.2) is 4.42 Å². The molecule has 8 nitrogen and oxygen atoms in total. The molecule has 0 aliphatic heterocycles. The van der Waals surface area contributed by atoms with Crippen molar-refractivity contribution in [1.82, 2.24) is 15.6 Å². The van der Waals surface area contributed by atoms with Gasteiger partial charge in [0.15, 0.2) is 5.69 Å². The molecule has 8 heteroatoms. The number of carbonyl (C=O) groups is 3. The zero-order chi connectivity index (χ0) is 19.9. The van der Waals surface area contributed by atoms with Crippen LogP contribution in [0.25, 0.3) is 0 Å². The van der Waals surface area contributed by atoms with Crippen LogP contribution in [0.4, 0.5) is 0 Å². The summed E-state index contributed by atoms with van der Waals surface area (Å²) in [6.07, 6.45) is 1.81. The van der Waals surface area contributed by atoms with Gasteiger partial charge in [-0.25, -0.2) is 4.98 Å². The Bertz CT molecular complexity index is 637. The summed E-state index contributed by atoms with van der Waals surface area (Å²) >= 11 is 0. The van der Waals surface area contributed by atoms with Crippen LogP contribution in [0, 0.1) is 18.8 Å². The van der Waals surface area contributed by atoms with Gasteiger partial charge in [-0.15, -0.1) is 0 Å². The summed E-state index contributed by atoms with van der Waals surface area (Å²) in [6, 6.07) is -0.436. The number of rotatable bonds is 10. The van der Waals surface area contributed by atoms with Crippen LogP contribution in [0.3, 0.4) is 0 Å². The van der Waals surface area contributed by atoms with Gasteiger partial charge in [0.1, 0.15) is 18.3 Å². The molecule has 2 amide bonds. The van der Waals surface area contributed by atoms with Crippen molar-refractivity contribution in [2.75, 3.05) is 6.54 Å². The normalized spacial score (nSPS) is 12.3. The molecule has 0 fully saturated rings. The highest BCUT2D eigenvalue weighted by Gasteiger charge is 2.25. The molecule has 1 aromatic heterocycles. The van der Waals surface area contributed by atoms with Gasteiger partial charge >= 0.3 is 5.97 Å². The van der Waals surface area contributed by atoms with Gasteiger partial charge in [-0.05, 0) is 31.6 Å². The Morgan fingerprint density at radius 3 is 2.35 bits per heavy atom. The molecule has 1 unspecified atom stereocenters. The number of hydrogen-bond acceptors (Lipinski definition) is 5. The molecule has 1 atom stereocenters. The number of aliphatic carboxylic acids is 1. The molecule has 1 rings (SSSR count). The maximum Gasteiger partial charge on any atom is 0.322 e. The second kappa shape index (κ2) is 9.94. The molecular weight excluding hydrogens is 338 g/mol. The lowest BCUT2D eigenvalue weighted by Crippen LogP contribution is -2.31. The molecule has 0 aromatic carbocycles. The predicted molar refractivity (Wildman–Crippen MR) is 95.6 cm³/mol. The van der Waals surface area contributed by atoms with E-state index >= 15 is 0 Å². The summed E-state index contributed by atoms with van der Waals surface area (Å²) in [5, 5.41) is 13.8. The van der Waals surface area contributed by atoms with E-state index in [0.717, 1.165) is 6.42 Å². The number of amides is 2. The third-order valence-corrected chi connectivity index (χ3v) is 3.72. The van der Waals surface area contributed by atoms with E-state index in [1.165, 1.54) is 0 Å². The Kier molecular flexibility index (Phi) is 8.28. The van der Waals surface area contributed by atoms with Gasteiger partial charge in [-0.2, -0.15) is 0 Å². The van der Waals surface area contributed by atoms with Gasteiger partial charge in [-0.3, -0.25) is 14.4 Å². The number of nitrogens with one attached hydrogen (secondary N) is 2. The Hall–Kier alpha value is -2.38. The summed E-state index contributed by atoms with van der Waals surface area (Å²) in [5.74, 6) is -0.594. The fourth-order valence-corrected chi connectivity index (χ4v) is 2.40. The van der Waals surface area contributed by atoms with Crippen LogP contribution in [-0.2, 0) is 9.59 Å². The maximum absolute atomic E-state index is 12.2. The first-order valence-corrected chi connectivity index (χ1v) is 8.86. The Morgan fingerprint density at radius 1 is 1.15 bits per heavy atom. The number of carboxylic acids is 1. The standard InChI is InChI=1S/C18H29N3O5/c1-10(2)6-7-14(22)20-13(8-11(3)4)18-21-16(12(5)26-18)17(25)19-9-15(23)24/h10-11,13H,6-9H2,1-5H3,(H,19,25)(H,20,22)(H,23,24). The van der Waals surface area contributed by atoms with Gasteiger partial charge in [0, 0.05) is 6.42 Å². The largest absolute Gasteiger partial charge is 0.480 e. The molecule has 0 aliphatic carbocycles. The van der Waals surface area contributed by atoms with Gasteiger partial charge in [0.05, 0.1) is 0 Å². The topological polar surface area (TPSA) is 122 Å². The summed E-state index contributed by atoms with van der Waals surface area (Å²) in [7, 11) is 0. The monoisotopic (exact) mass is 367 g/mol. The minimum Gasteiger partial charge on any atom is -0.480 e. The van der Waals surface area contributed by atoms with E-state index in [0.29, 0.717) is 18.8 Å². The van der Waals surface area contributed by atoms with E-state index in [1.54, 1.807) is 6.92 Å². The van der Waals surface area contributed by atoms with Crippen LogP contribution in [0.2, 0.25) is 0 Å². The van der Waals surface area contributed by atoms with E-state index in [1.807, 2.05) is 13.8 Å². The number of nitrogens with zero attached hydrogens (tertiary/aromatic N) is 1. The molecule has 0 radical (unpaired) electrons. The number of aryl methyl sites for hydroxylation is 1. The molecule has 0 bridgehead atoms. The number of carboxylic acid groups (broad SMARTS) is 1. The molecule has 0 aliphatic rings. The summed E-state index contributed by atoms with van der Waals surface area (Å²) in [5.41, 5.74) is 0.0337. The van der Waals surface area contributed by atoms with Gasteiger partial charge in [-0.1, -0.05) is 27.7 Å². The van der Waals surface area contributed by atoms with E-state index in [9.17, 15) is 14.4 Å². The zero-order valence-electron chi connectivity index (χ0n) is 16.1. The lowest BCUT2D eigenvalue weighted by molar-refractivity contribution is -0.135. The molecule has 1 aromatic rings. The fraction of sp³-hybridized carbons (Fsp3) is 0.667. The van der Waals surface area contributed by atoms with Crippen LogP contribution < -0.4 is 10.6 Å². The molecular formula is C18H29N3O5. The van der Waals surface area contributed by atoms with E-state index in [2.05, 4.69) is 29.5 Å². The molecule has 0 saturated heterocycles. The highest BCUT2D eigenvalue weighted by molar-refractivity contribution is 5.94. The summed E-state index contributed by atoms with van der Waals surface area (Å²) < 4.78 is 5.60. The van der Waals surface area contributed by atoms with Crippen molar-refractivity contribution in [3.05, 3.63) is 17.3 Å². The van der Waals surface area contributed by atoms with Crippen molar-refractivity contribution < 1.29 is 23.9 Å². The second-order valence-corrected chi connectivity index (χ2v) is 7.22. The van der Waals surface area contributed by atoms with Crippen LogP contribution in [-0.4, -0.2) is 34.4 Å². The van der Waals surface area contributed by atoms with Crippen molar-refractivity contribution in [2.24, 2.45) is 11.8 Å². The molecule has 3 N–H and O–H groups in total. The first-order valence-electron chi connectivity index (χ1n) is 8.86. The lowest BCUT2D eigenvalue weighted by atomic mass is 10.0. The number of aromatic nitrogens is 1. The van der Waals surface area contributed by atoms with Gasteiger partial charge in [0.2, 0.25) is 11.8 Å². The fourth-order valence-electron chi connectivity index (χ4n) is 2.40. The van der Waals surface area contributed by atoms with Crippen molar-refractivity contribution >= 4 is 17.8 Å². The summed E-state index contributed by atoms with van der Waals surface area (Å²) in [4.78, 5) is 39.0. The van der Waals surface area contributed by atoms with E-state index in [4.69, 9.17) is 9.52 Å². The Labute approximate surface area is 153 Å². The Morgan fingerprint density at radius 2 is 1.81 bits per heavy atom. The van der Waals surface area contributed by atoms with Gasteiger partial charge < -0.3 is 20.2 Å². The molecule has 1 heterocycles. The third kappa shape index (κ3) is 7.25. The first kappa shape index (κ1) is 21.7. The van der Waals surface area contributed by atoms with Crippen molar-refractivity contribution in [1.29, 1.82) is 0 Å². The molecule has 26 heavy (non-hydrogen) atoms. The third-order valence-electron chi connectivity index (χ3n) is 3.72. The number of carbonyl (C=O) groups excluding carboxylic acids is 2. The Balaban J connectivity index is 2.90. The quantitative estimate of drug-likeness (QED) is 0.584. The van der Waals surface area contributed by atoms with Gasteiger partial charge in [0.25, 0.3) is 5.91 Å². The molecule has 0 saturated carbocycles. The predicted octanol–water partition coefficient (Wildman–Crippen LogP) is 2.44. The average Bonchev–Trinajstić information content (AvgIpc) is 2.91. The van der Waals surface area contributed by atoms with E-state index in [-0.39, 0.29) is 29.2 Å². The van der Waals surface area contributed by atoms with Crippen molar-refractivity contribution in [3.8, 4) is 0 Å². The highest BCUT2D eigenvalue weighted by Crippen LogP contribution is 2.23. The van der Waals surface area contributed by atoms with Crippen molar-refractivity contribution in [2.45, 2.75) is 59.9 Å².